The Labute approximate surface area is 108 Å². The Morgan fingerprint density at radius 3 is 3.00 bits per heavy atom. The van der Waals surface area contributed by atoms with E-state index in [2.05, 4.69) is 12.2 Å². The van der Waals surface area contributed by atoms with Crippen molar-refractivity contribution in [1.29, 1.82) is 0 Å². The number of anilines is 1. The second-order valence-corrected chi connectivity index (χ2v) is 4.98. The Morgan fingerprint density at radius 1 is 1.50 bits per heavy atom. The van der Waals surface area contributed by atoms with Gasteiger partial charge in [-0.25, -0.2) is 4.79 Å². The average Bonchev–Trinajstić information content (AvgIpc) is 2.39. The first-order valence-corrected chi connectivity index (χ1v) is 6.54. The van der Waals surface area contributed by atoms with Crippen molar-refractivity contribution in [2.75, 3.05) is 18.4 Å². The molecule has 1 aliphatic rings. The third-order valence-corrected chi connectivity index (χ3v) is 3.42. The van der Waals surface area contributed by atoms with Crippen molar-refractivity contribution in [3.8, 4) is 0 Å². The second kappa shape index (κ2) is 5.87. The molecule has 4 heteroatoms. The molecule has 0 bridgehead atoms. The summed E-state index contributed by atoms with van der Waals surface area (Å²) in [5.41, 5.74) is 7.45. The number of benzene rings is 1. The Kier molecular flexibility index (Phi) is 4.20. The number of rotatable bonds is 2. The van der Waals surface area contributed by atoms with Gasteiger partial charge in [0.25, 0.3) is 0 Å². The van der Waals surface area contributed by atoms with Crippen molar-refractivity contribution >= 4 is 11.7 Å². The molecule has 4 nitrogen and oxygen atoms in total. The molecule has 1 atom stereocenters. The zero-order valence-electron chi connectivity index (χ0n) is 10.9. The monoisotopic (exact) mass is 247 g/mol. The number of urea groups is 1. The molecule has 1 unspecified atom stereocenters. The van der Waals surface area contributed by atoms with Crippen LogP contribution < -0.4 is 11.1 Å². The number of hydrogen-bond acceptors (Lipinski definition) is 2. The minimum Gasteiger partial charge on any atom is -0.326 e. The predicted octanol–water partition coefficient (Wildman–Crippen LogP) is 2.41. The molecule has 1 aromatic rings. The summed E-state index contributed by atoms with van der Waals surface area (Å²) < 4.78 is 0. The highest BCUT2D eigenvalue weighted by Crippen LogP contribution is 2.18. The highest BCUT2D eigenvalue weighted by molar-refractivity contribution is 5.90. The molecular weight excluding hydrogens is 226 g/mol. The number of para-hydroxylation sites is 1. The number of hydrogen-bond donors (Lipinski definition) is 2. The highest BCUT2D eigenvalue weighted by atomic mass is 16.2. The maximum atomic E-state index is 12.2. The van der Waals surface area contributed by atoms with E-state index in [0.29, 0.717) is 12.5 Å². The van der Waals surface area contributed by atoms with E-state index >= 15 is 0 Å². The van der Waals surface area contributed by atoms with Gasteiger partial charge in [0, 0.05) is 25.3 Å². The molecule has 3 N–H and O–H groups in total. The average molecular weight is 247 g/mol. The molecule has 1 fully saturated rings. The van der Waals surface area contributed by atoms with Gasteiger partial charge in [-0.15, -0.1) is 0 Å². The van der Waals surface area contributed by atoms with Gasteiger partial charge >= 0.3 is 6.03 Å². The third kappa shape index (κ3) is 3.01. The second-order valence-electron chi connectivity index (χ2n) is 4.98. The van der Waals surface area contributed by atoms with Crippen LogP contribution in [0.5, 0.6) is 0 Å². The van der Waals surface area contributed by atoms with Crippen molar-refractivity contribution in [3.63, 3.8) is 0 Å². The molecule has 0 aliphatic carbocycles. The van der Waals surface area contributed by atoms with Crippen molar-refractivity contribution in [2.24, 2.45) is 11.7 Å². The lowest BCUT2D eigenvalue weighted by Crippen LogP contribution is -2.41. The summed E-state index contributed by atoms with van der Waals surface area (Å²) >= 11 is 0. The van der Waals surface area contributed by atoms with Gasteiger partial charge in [-0.1, -0.05) is 25.1 Å². The summed E-state index contributed by atoms with van der Waals surface area (Å²) in [5.74, 6) is 0.592. The maximum Gasteiger partial charge on any atom is 0.321 e. The zero-order chi connectivity index (χ0) is 13.0. The summed E-state index contributed by atoms with van der Waals surface area (Å²) in [6, 6.07) is 7.67. The van der Waals surface area contributed by atoms with Gasteiger partial charge in [-0.05, 0) is 30.4 Å². The molecule has 2 rings (SSSR count). The van der Waals surface area contributed by atoms with Gasteiger partial charge < -0.3 is 16.0 Å². The normalized spacial score (nSPS) is 19.7. The number of carbonyl (C=O) groups is 1. The van der Waals surface area contributed by atoms with Crippen LogP contribution in [0.15, 0.2) is 24.3 Å². The van der Waals surface area contributed by atoms with E-state index in [-0.39, 0.29) is 6.03 Å². The number of nitrogens with one attached hydrogen (secondary N) is 1. The van der Waals surface area contributed by atoms with Crippen LogP contribution in [-0.2, 0) is 6.54 Å². The van der Waals surface area contributed by atoms with Crippen molar-refractivity contribution < 1.29 is 4.79 Å². The van der Waals surface area contributed by atoms with E-state index in [1.807, 2.05) is 29.2 Å². The van der Waals surface area contributed by atoms with E-state index in [1.165, 1.54) is 6.42 Å². The summed E-state index contributed by atoms with van der Waals surface area (Å²) in [6.07, 6.45) is 2.30. The molecule has 0 spiro atoms. The summed E-state index contributed by atoms with van der Waals surface area (Å²) in [7, 11) is 0. The van der Waals surface area contributed by atoms with Gasteiger partial charge in [0.15, 0.2) is 0 Å². The SMILES string of the molecule is CC1CCCN(C(=O)Nc2ccccc2CN)C1. The van der Waals surface area contributed by atoms with E-state index in [4.69, 9.17) is 5.73 Å². The van der Waals surface area contributed by atoms with E-state index in [0.717, 1.165) is 30.8 Å². The van der Waals surface area contributed by atoms with Crippen LogP contribution in [0.1, 0.15) is 25.3 Å². The van der Waals surface area contributed by atoms with Crippen molar-refractivity contribution in [3.05, 3.63) is 29.8 Å². The molecule has 0 saturated carbocycles. The third-order valence-electron chi connectivity index (χ3n) is 3.42. The Morgan fingerprint density at radius 2 is 2.28 bits per heavy atom. The van der Waals surface area contributed by atoms with E-state index < -0.39 is 0 Å². The first-order chi connectivity index (χ1) is 8.70. The first-order valence-electron chi connectivity index (χ1n) is 6.54. The molecule has 0 aromatic heterocycles. The molecular formula is C14H21N3O. The fraction of sp³-hybridized carbons (Fsp3) is 0.500. The van der Waals surface area contributed by atoms with Crippen LogP contribution in [0.4, 0.5) is 10.5 Å². The van der Waals surface area contributed by atoms with Gasteiger partial charge in [0.2, 0.25) is 0 Å². The number of piperidine rings is 1. The van der Waals surface area contributed by atoms with Gasteiger partial charge in [0.05, 0.1) is 0 Å². The van der Waals surface area contributed by atoms with Crippen LogP contribution >= 0.6 is 0 Å². The van der Waals surface area contributed by atoms with Crippen LogP contribution in [0.2, 0.25) is 0 Å². The van der Waals surface area contributed by atoms with E-state index in [9.17, 15) is 4.79 Å². The minimum absolute atomic E-state index is 0.0116. The predicted molar refractivity (Wildman–Crippen MR) is 73.3 cm³/mol. The summed E-state index contributed by atoms with van der Waals surface area (Å²) in [5, 5.41) is 2.96. The summed E-state index contributed by atoms with van der Waals surface area (Å²) in [6.45, 7) is 4.32. The minimum atomic E-state index is -0.0116. The van der Waals surface area contributed by atoms with Gasteiger partial charge in [-0.3, -0.25) is 0 Å². The number of nitrogens with two attached hydrogens (primary N) is 1. The fourth-order valence-corrected chi connectivity index (χ4v) is 2.39. The summed E-state index contributed by atoms with van der Waals surface area (Å²) in [4.78, 5) is 14.0. The molecule has 1 aromatic carbocycles. The number of carbonyl (C=O) groups excluding carboxylic acids is 1. The molecule has 1 aliphatic heterocycles. The first kappa shape index (κ1) is 12.9. The highest BCUT2D eigenvalue weighted by Gasteiger charge is 2.21. The molecule has 1 saturated heterocycles. The van der Waals surface area contributed by atoms with Crippen molar-refractivity contribution in [2.45, 2.75) is 26.3 Å². The van der Waals surface area contributed by atoms with Crippen molar-refractivity contribution in [1.82, 2.24) is 4.90 Å². The fourth-order valence-electron chi connectivity index (χ4n) is 2.39. The van der Waals surface area contributed by atoms with Crippen LogP contribution in [-0.4, -0.2) is 24.0 Å². The topological polar surface area (TPSA) is 58.4 Å². The molecule has 0 radical (unpaired) electrons. The zero-order valence-corrected chi connectivity index (χ0v) is 10.9. The smallest absolute Gasteiger partial charge is 0.321 e. The van der Waals surface area contributed by atoms with Crippen LogP contribution in [0, 0.1) is 5.92 Å². The Balaban J connectivity index is 2.02. The van der Waals surface area contributed by atoms with Gasteiger partial charge in [-0.2, -0.15) is 0 Å². The molecule has 1 heterocycles. The van der Waals surface area contributed by atoms with Gasteiger partial charge in [0.1, 0.15) is 0 Å². The van der Waals surface area contributed by atoms with E-state index in [1.54, 1.807) is 0 Å². The number of likely N-dealkylation sites (tertiary alicyclic amines) is 1. The lowest BCUT2D eigenvalue weighted by Gasteiger charge is -2.31. The standard InChI is InChI=1S/C14H21N3O/c1-11-5-4-8-17(10-11)14(18)16-13-7-3-2-6-12(13)9-15/h2-3,6-7,11H,4-5,8-10,15H2,1H3,(H,16,18). The Bertz CT molecular complexity index is 419. The maximum absolute atomic E-state index is 12.2. The Hall–Kier alpha value is -1.55. The lowest BCUT2D eigenvalue weighted by molar-refractivity contribution is 0.182. The van der Waals surface area contributed by atoms with Crippen LogP contribution in [0.3, 0.4) is 0 Å². The lowest BCUT2D eigenvalue weighted by atomic mass is 10.0. The molecule has 18 heavy (non-hydrogen) atoms. The molecule has 2 amide bonds. The molecule has 98 valence electrons. The number of nitrogens with zero attached hydrogens (tertiary/aromatic N) is 1. The number of amides is 2. The van der Waals surface area contributed by atoms with Crippen LogP contribution in [0.25, 0.3) is 0 Å². The quantitative estimate of drug-likeness (QED) is 0.843. The largest absolute Gasteiger partial charge is 0.326 e.